The molecule has 0 bridgehead atoms. The van der Waals surface area contributed by atoms with Gasteiger partial charge in [0.2, 0.25) is 0 Å². The predicted octanol–water partition coefficient (Wildman–Crippen LogP) is 3.78. The third-order valence-corrected chi connectivity index (χ3v) is 2.81. The van der Waals surface area contributed by atoms with Crippen LogP contribution in [0.1, 0.15) is 10.4 Å². The number of amides is 1. The normalized spacial score (nSPS) is 10.4. The monoisotopic (exact) mass is 301 g/mol. The SMILES string of the molecule is O=C(Nc1cc(F)c(F)cc1F)c1ccc(F)c(S)c1. The molecule has 20 heavy (non-hydrogen) atoms. The van der Waals surface area contributed by atoms with Crippen molar-refractivity contribution in [3.63, 3.8) is 0 Å². The average Bonchev–Trinajstić information content (AvgIpc) is 2.39. The molecule has 0 saturated carbocycles. The van der Waals surface area contributed by atoms with Gasteiger partial charge in [0.25, 0.3) is 5.91 Å². The maximum absolute atomic E-state index is 13.4. The van der Waals surface area contributed by atoms with Gasteiger partial charge >= 0.3 is 0 Å². The maximum atomic E-state index is 13.4. The van der Waals surface area contributed by atoms with Crippen LogP contribution in [-0.4, -0.2) is 5.91 Å². The minimum atomic E-state index is -1.36. The maximum Gasteiger partial charge on any atom is 0.255 e. The molecule has 0 aliphatic rings. The molecular formula is C13H7F4NOS. The molecule has 2 rings (SSSR count). The number of nitrogens with one attached hydrogen (secondary N) is 1. The Morgan fingerprint density at radius 3 is 2.20 bits per heavy atom. The number of hydrogen-bond acceptors (Lipinski definition) is 2. The summed E-state index contributed by atoms with van der Waals surface area (Å²) in [7, 11) is 0. The fourth-order valence-electron chi connectivity index (χ4n) is 1.47. The number of halogens is 4. The zero-order valence-corrected chi connectivity index (χ0v) is 10.6. The number of carbonyl (C=O) groups is 1. The number of thiol groups is 1. The Labute approximate surface area is 116 Å². The molecule has 0 aromatic heterocycles. The van der Waals surface area contributed by atoms with Crippen LogP contribution >= 0.6 is 12.6 Å². The lowest BCUT2D eigenvalue weighted by atomic mass is 10.2. The topological polar surface area (TPSA) is 29.1 Å². The third-order valence-electron chi connectivity index (χ3n) is 2.47. The van der Waals surface area contributed by atoms with Gasteiger partial charge in [0, 0.05) is 22.6 Å². The summed E-state index contributed by atoms with van der Waals surface area (Å²) in [5, 5.41) is 2.06. The highest BCUT2D eigenvalue weighted by atomic mass is 32.1. The minimum Gasteiger partial charge on any atom is -0.319 e. The molecule has 0 spiro atoms. The molecule has 1 amide bonds. The van der Waals surface area contributed by atoms with Gasteiger partial charge in [-0.15, -0.1) is 12.6 Å². The van der Waals surface area contributed by atoms with Gasteiger partial charge in [-0.2, -0.15) is 0 Å². The van der Waals surface area contributed by atoms with Crippen LogP contribution in [0.3, 0.4) is 0 Å². The molecule has 0 aliphatic carbocycles. The first-order valence-corrected chi connectivity index (χ1v) is 5.77. The second kappa shape index (κ2) is 5.54. The fraction of sp³-hybridized carbons (Fsp3) is 0. The van der Waals surface area contributed by atoms with Crippen LogP contribution in [0.5, 0.6) is 0 Å². The summed E-state index contributed by atoms with van der Waals surface area (Å²) in [5.41, 5.74) is -0.514. The van der Waals surface area contributed by atoms with Crippen molar-refractivity contribution >= 4 is 24.2 Å². The van der Waals surface area contributed by atoms with E-state index in [9.17, 15) is 22.4 Å². The first-order valence-electron chi connectivity index (χ1n) is 5.33. The van der Waals surface area contributed by atoms with Gasteiger partial charge in [-0.25, -0.2) is 17.6 Å². The van der Waals surface area contributed by atoms with Gasteiger partial charge in [-0.05, 0) is 18.2 Å². The van der Waals surface area contributed by atoms with Gasteiger partial charge in [0.15, 0.2) is 11.6 Å². The summed E-state index contributed by atoms with van der Waals surface area (Å²) < 4.78 is 52.1. The van der Waals surface area contributed by atoms with Gasteiger partial charge in [-0.1, -0.05) is 0 Å². The number of rotatable bonds is 2. The molecule has 0 radical (unpaired) electrons. The van der Waals surface area contributed by atoms with Crippen LogP contribution < -0.4 is 5.32 Å². The molecule has 2 aromatic carbocycles. The Morgan fingerprint density at radius 2 is 1.55 bits per heavy atom. The molecule has 0 atom stereocenters. The molecule has 7 heteroatoms. The summed E-state index contributed by atoms with van der Waals surface area (Å²) >= 11 is 3.80. The second-order valence-corrected chi connectivity index (χ2v) is 4.35. The minimum absolute atomic E-state index is 0.000494. The molecule has 0 aliphatic heterocycles. The van der Waals surface area contributed by atoms with Crippen molar-refractivity contribution < 1.29 is 22.4 Å². The van der Waals surface area contributed by atoms with Crippen molar-refractivity contribution in [1.29, 1.82) is 0 Å². The summed E-state index contributed by atoms with van der Waals surface area (Å²) in [5.74, 6) is -5.20. The zero-order chi connectivity index (χ0) is 14.9. The van der Waals surface area contributed by atoms with Crippen LogP contribution in [0.25, 0.3) is 0 Å². The van der Waals surface area contributed by atoms with E-state index in [4.69, 9.17) is 0 Å². The van der Waals surface area contributed by atoms with Crippen molar-refractivity contribution in [2.45, 2.75) is 4.90 Å². The van der Waals surface area contributed by atoms with E-state index >= 15 is 0 Å². The number of carbonyl (C=O) groups excluding carboxylic acids is 1. The van der Waals surface area contributed by atoms with E-state index in [-0.39, 0.29) is 10.5 Å². The second-order valence-electron chi connectivity index (χ2n) is 3.87. The highest BCUT2D eigenvalue weighted by Crippen LogP contribution is 2.20. The molecule has 104 valence electrons. The zero-order valence-electron chi connectivity index (χ0n) is 9.75. The summed E-state index contributed by atoms with van der Waals surface area (Å²) in [6.45, 7) is 0. The number of hydrogen-bond donors (Lipinski definition) is 2. The lowest BCUT2D eigenvalue weighted by Gasteiger charge is -2.07. The molecule has 0 unspecified atom stereocenters. The molecule has 0 fully saturated rings. The molecular weight excluding hydrogens is 294 g/mol. The number of benzene rings is 2. The van der Waals surface area contributed by atoms with Gasteiger partial charge in [-0.3, -0.25) is 4.79 Å². The predicted molar refractivity (Wildman–Crippen MR) is 67.9 cm³/mol. The van der Waals surface area contributed by atoms with Crippen molar-refractivity contribution in [3.8, 4) is 0 Å². The molecule has 2 nitrogen and oxygen atoms in total. The smallest absolute Gasteiger partial charge is 0.255 e. The largest absolute Gasteiger partial charge is 0.319 e. The van der Waals surface area contributed by atoms with Crippen molar-refractivity contribution in [2.75, 3.05) is 5.32 Å². The van der Waals surface area contributed by atoms with E-state index in [1.54, 1.807) is 0 Å². The first kappa shape index (κ1) is 14.4. The highest BCUT2D eigenvalue weighted by molar-refractivity contribution is 7.80. The van der Waals surface area contributed by atoms with Crippen LogP contribution in [0.4, 0.5) is 23.2 Å². The van der Waals surface area contributed by atoms with Crippen LogP contribution in [-0.2, 0) is 0 Å². The van der Waals surface area contributed by atoms with Crippen molar-refractivity contribution in [2.24, 2.45) is 0 Å². The van der Waals surface area contributed by atoms with Crippen LogP contribution in [0.2, 0.25) is 0 Å². The van der Waals surface area contributed by atoms with Gasteiger partial charge in [0.05, 0.1) is 5.69 Å². The van der Waals surface area contributed by atoms with Gasteiger partial charge in [0.1, 0.15) is 11.6 Å². The first-order chi connectivity index (χ1) is 9.38. The van der Waals surface area contributed by atoms with Crippen LogP contribution in [0.15, 0.2) is 35.2 Å². The molecule has 0 heterocycles. The Balaban J connectivity index is 2.27. The lowest BCUT2D eigenvalue weighted by Crippen LogP contribution is -2.13. The fourth-order valence-corrected chi connectivity index (χ4v) is 1.68. The third kappa shape index (κ3) is 2.93. The lowest BCUT2D eigenvalue weighted by molar-refractivity contribution is 0.102. The number of anilines is 1. The summed E-state index contributed by atoms with van der Waals surface area (Å²) in [6.07, 6.45) is 0. The summed E-state index contributed by atoms with van der Waals surface area (Å²) in [4.78, 5) is 11.7. The van der Waals surface area contributed by atoms with Crippen LogP contribution in [0, 0.1) is 23.3 Å². The van der Waals surface area contributed by atoms with Gasteiger partial charge < -0.3 is 5.32 Å². The Kier molecular flexibility index (Phi) is 3.99. The van der Waals surface area contributed by atoms with Crippen molar-refractivity contribution in [1.82, 2.24) is 0 Å². The Bertz CT molecular complexity index is 690. The average molecular weight is 301 g/mol. The highest BCUT2D eigenvalue weighted by Gasteiger charge is 2.14. The van der Waals surface area contributed by atoms with E-state index in [1.807, 2.05) is 0 Å². The summed E-state index contributed by atoms with van der Waals surface area (Å²) in [6, 6.07) is 4.14. The Morgan fingerprint density at radius 1 is 0.900 bits per heavy atom. The van der Waals surface area contributed by atoms with E-state index < -0.39 is 34.9 Å². The quantitative estimate of drug-likeness (QED) is 0.493. The Hall–Kier alpha value is -2.02. The molecule has 0 saturated heterocycles. The van der Waals surface area contributed by atoms with E-state index in [0.717, 1.165) is 18.2 Å². The molecule has 2 aromatic rings. The van der Waals surface area contributed by atoms with Crippen molar-refractivity contribution in [3.05, 3.63) is 59.2 Å². The van der Waals surface area contributed by atoms with E-state index in [1.165, 1.54) is 0 Å². The standard InChI is InChI=1S/C13H7F4NOS/c14-7-2-1-6(3-12(7)20)13(19)18-11-5-9(16)8(15)4-10(11)17/h1-5,20H,(H,18,19). The van der Waals surface area contributed by atoms with E-state index in [2.05, 4.69) is 17.9 Å². The molecule has 1 N–H and O–H groups in total. The van der Waals surface area contributed by atoms with E-state index in [0.29, 0.717) is 12.1 Å².